The molecule has 3 aromatic carbocycles. The highest BCUT2D eigenvalue weighted by Gasteiger charge is 2.30. The van der Waals surface area contributed by atoms with Crippen molar-refractivity contribution in [3.05, 3.63) is 103 Å². The number of rotatable bonds is 8. The van der Waals surface area contributed by atoms with Crippen molar-refractivity contribution in [2.75, 3.05) is 7.11 Å². The summed E-state index contributed by atoms with van der Waals surface area (Å²) in [5.41, 5.74) is 1.04. The van der Waals surface area contributed by atoms with E-state index >= 15 is 0 Å². The van der Waals surface area contributed by atoms with Gasteiger partial charge in [-0.2, -0.15) is 0 Å². The molecule has 0 aliphatic carbocycles. The van der Waals surface area contributed by atoms with Gasteiger partial charge in [-0.25, -0.2) is 0 Å². The second-order valence-corrected chi connectivity index (χ2v) is 8.77. The van der Waals surface area contributed by atoms with E-state index in [4.69, 9.17) is 4.74 Å². The summed E-state index contributed by atoms with van der Waals surface area (Å²) in [7, 11) is -1.38. The second kappa shape index (κ2) is 8.85. The zero-order valence-corrected chi connectivity index (χ0v) is 16.3. The van der Waals surface area contributed by atoms with Crippen molar-refractivity contribution >= 4 is 17.9 Å². The molecule has 0 saturated heterocycles. The smallest absolute Gasteiger partial charge is 0.205 e. The third kappa shape index (κ3) is 4.39. The van der Waals surface area contributed by atoms with Crippen LogP contribution in [0.2, 0.25) is 0 Å². The standard InChI is InChI=1S/C23H24NO2P/c1-3-10-23(19-15-17-20(26-2)18-16-19)24-27(25,21-11-6-4-7-12-21)22-13-8-5-9-14-22/h3-9,11-18,23H,1,10H2,2H3,(H,24,25)/t23-/m1/s1. The molecular formula is C23H24NO2P. The fourth-order valence-corrected chi connectivity index (χ4v) is 5.53. The van der Waals surface area contributed by atoms with Gasteiger partial charge in [-0.1, -0.05) is 54.6 Å². The van der Waals surface area contributed by atoms with Gasteiger partial charge in [0.15, 0.2) is 0 Å². The predicted octanol–water partition coefficient (Wildman–Crippen LogP) is 4.83. The minimum Gasteiger partial charge on any atom is -0.497 e. The molecule has 0 bridgehead atoms. The Kier molecular flexibility index (Phi) is 6.28. The van der Waals surface area contributed by atoms with Crippen molar-refractivity contribution in [3.8, 4) is 5.75 Å². The van der Waals surface area contributed by atoms with Gasteiger partial charge in [0, 0.05) is 16.7 Å². The quantitative estimate of drug-likeness (QED) is 0.451. The van der Waals surface area contributed by atoms with Crippen LogP contribution in [-0.4, -0.2) is 7.11 Å². The monoisotopic (exact) mass is 377 g/mol. The van der Waals surface area contributed by atoms with Crippen LogP contribution in [0.15, 0.2) is 97.6 Å². The molecule has 0 spiro atoms. The van der Waals surface area contributed by atoms with Crippen LogP contribution in [0.4, 0.5) is 0 Å². The first-order chi connectivity index (χ1) is 13.2. The van der Waals surface area contributed by atoms with Crippen LogP contribution in [0.25, 0.3) is 0 Å². The van der Waals surface area contributed by atoms with Gasteiger partial charge in [-0.15, -0.1) is 6.58 Å². The minimum absolute atomic E-state index is 0.125. The summed E-state index contributed by atoms with van der Waals surface area (Å²) in [6.45, 7) is 3.88. The maximum absolute atomic E-state index is 14.2. The van der Waals surface area contributed by atoms with Gasteiger partial charge < -0.3 is 4.74 Å². The zero-order valence-electron chi connectivity index (χ0n) is 15.4. The Morgan fingerprint density at radius 3 is 1.89 bits per heavy atom. The van der Waals surface area contributed by atoms with Gasteiger partial charge in [0.25, 0.3) is 0 Å². The van der Waals surface area contributed by atoms with Crippen LogP contribution in [0.5, 0.6) is 5.75 Å². The maximum atomic E-state index is 14.2. The molecule has 0 saturated carbocycles. The average Bonchev–Trinajstić information content (AvgIpc) is 2.74. The Hall–Kier alpha value is -2.61. The van der Waals surface area contributed by atoms with E-state index in [0.29, 0.717) is 6.42 Å². The number of nitrogens with one attached hydrogen (secondary N) is 1. The van der Waals surface area contributed by atoms with Crippen LogP contribution in [0.1, 0.15) is 18.0 Å². The van der Waals surface area contributed by atoms with Gasteiger partial charge in [-0.05, 0) is 48.4 Å². The average molecular weight is 377 g/mol. The van der Waals surface area contributed by atoms with Crippen molar-refractivity contribution in [2.45, 2.75) is 12.5 Å². The third-order valence-electron chi connectivity index (χ3n) is 4.50. The van der Waals surface area contributed by atoms with E-state index in [2.05, 4.69) is 11.7 Å². The SMILES string of the molecule is C=CC[C@@H](NP(=O)(c1ccccc1)c1ccccc1)c1ccc(OC)cc1. The van der Waals surface area contributed by atoms with E-state index in [1.54, 1.807) is 7.11 Å². The summed E-state index contributed by atoms with van der Waals surface area (Å²) in [5.74, 6) is 0.797. The summed E-state index contributed by atoms with van der Waals surface area (Å²) < 4.78 is 19.5. The minimum atomic E-state index is -3.02. The summed E-state index contributed by atoms with van der Waals surface area (Å²) in [5, 5.41) is 5.04. The van der Waals surface area contributed by atoms with Crippen molar-refractivity contribution in [2.24, 2.45) is 0 Å². The van der Waals surface area contributed by atoms with Gasteiger partial charge in [0.1, 0.15) is 5.75 Å². The highest BCUT2D eigenvalue weighted by Crippen LogP contribution is 2.42. The summed E-state index contributed by atoms with van der Waals surface area (Å²) >= 11 is 0. The number of methoxy groups -OCH3 is 1. The first-order valence-electron chi connectivity index (χ1n) is 8.91. The molecule has 0 unspecified atom stereocenters. The molecule has 0 aromatic heterocycles. The Balaban J connectivity index is 2.03. The predicted molar refractivity (Wildman–Crippen MR) is 113 cm³/mol. The molecule has 3 rings (SSSR count). The Morgan fingerprint density at radius 1 is 0.926 bits per heavy atom. The lowest BCUT2D eigenvalue weighted by Gasteiger charge is -2.27. The molecule has 0 aliphatic rings. The van der Waals surface area contributed by atoms with Gasteiger partial charge in [0.05, 0.1) is 7.11 Å². The lowest BCUT2D eigenvalue weighted by Crippen LogP contribution is -2.30. The molecule has 1 N–H and O–H groups in total. The van der Waals surface area contributed by atoms with Crippen molar-refractivity contribution < 1.29 is 9.30 Å². The van der Waals surface area contributed by atoms with Crippen LogP contribution >= 0.6 is 7.29 Å². The van der Waals surface area contributed by atoms with Crippen molar-refractivity contribution in [3.63, 3.8) is 0 Å². The van der Waals surface area contributed by atoms with E-state index in [0.717, 1.165) is 21.9 Å². The lowest BCUT2D eigenvalue weighted by atomic mass is 10.0. The molecule has 0 fully saturated rings. The molecule has 4 heteroatoms. The number of hydrogen-bond acceptors (Lipinski definition) is 2. The highest BCUT2D eigenvalue weighted by molar-refractivity contribution is 7.76. The van der Waals surface area contributed by atoms with Crippen LogP contribution < -0.4 is 20.4 Å². The molecule has 0 radical (unpaired) electrons. The van der Waals surface area contributed by atoms with Gasteiger partial charge in [-0.3, -0.25) is 9.65 Å². The lowest BCUT2D eigenvalue weighted by molar-refractivity contribution is 0.414. The molecule has 0 amide bonds. The number of benzene rings is 3. The fraction of sp³-hybridized carbons (Fsp3) is 0.130. The van der Waals surface area contributed by atoms with E-state index in [9.17, 15) is 4.57 Å². The zero-order chi connectivity index (χ0) is 19.1. The molecule has 138 valence electrons. The van der Waals surface area contributed by atoms with E-state index in [1.807, 2.05) is 91.0 Å². The third-order valence-corrected chi connectivity index (χ3v) is 7.22. The fourth-order valence-electron chi connectivity index (χ4n) is 3.06. The molecule has 0 heterocycles. The van der Waals surface area contributed by atoms with Gasteiger partial charge >= 0.3 is 0 Å². The Bertz CT molecular complexity index is 865. The van der Waals surface area contributed by atoms with Crippen LogP contribution in [-0.2, 0) is 4.57 Å². The largest absolute Gasteiger partial charge is 0.497 e. The molecule has 3 aromatic rings. The topological polar surface area (TPSA) is 38.3 Å². The highest BCUT2D eigenvalue weighted by atomic mass is 31.2. The summed E-state index contributed by atoms with van der Waals surface area (Å²) in [4.78, 5) is 0. The molecular weight excluding hydrogens is 353 g/mol. The van der Waals surface area contributed by atoms with E-state index in [-0.39, 0.29) is 6.04 Å². The molecule has 3 nitrogen and oxygen atoms in total. The van der Waals surface area contributed by atoms with Gasteiger partial charge in [0.2, 0.25) is 7.29 Å². The van der Waals surface area contributed by atoms with Crippen molar-refractivity contribution in [1.29, 1.82) is 0 Å². The normalized spacial score (nSPS) is 12.3. The molecule has 27 heavy (non-hydrogen) atoms. The number of ether oxygens (including phenoxy) is 1. The second-order valence-electron chi connectivity index (χ2n) is 6.26. The van der Waals surface area contributed by atoms with E-state index < -0.39 is 7.29 Å². The first-order valence-corrected chi connectivity index (χ1v) is 10.6. The van der Waals surface area contributed by atoms with Crippen LogP contribution in [0, 0.1) is 0 Å². The Labute approximate surface area is 161 Å². The Morgan fingerprint density at radius 2 is 1.44 bits per heavy atom. The van der Waals surface area contributed by atoms with Crippen molar-refractivity contribution in [1.82, 2.24) is 5.09 Å². The maximum Gasteiger partial charge on any atom is 0.205 e. The first kappa shape index (κ1) is 19.2. The summed E-state index contributed by atoms with van der Waals surface area (Å²) in [6, 6.07) is 26.9. The molecule has 0 aliphatic heterocycles. The van der Waals surface area contributed by atoms with E-state index in [1.165, 1.54) is 0 Å². The number of hydrogen-bond donors (Lipinski definition) is 1. The molecule has 1 atom stereocenters. The van der Waals surface area contributed by atoms with Crippen LogP contribution in [0.3, 0.4) is 0 Å². The summed E-state index contributed by atoms with van der Waals surface area (Å²) in [6.07, 6.45) is 2.51.